The van der Waals surface area contributed by atoms with E-state index in [0.717, 1.165) is 31.7 Å². The Morgan fingerprint density at radius 2 is 0.771 bits per heavy atom. The number of ether oxygens (including phenoxy) is 6. The Kier molecular flexibility index (Phi) is 38.0. The molecule has 0 atom stereocenters. The van der Waals surface area contributed by atoms with Gasteiger partial charge in [0.2, 0.25) is 0 Å². The van der Waals surface area contributed by atoms with Gasteiger partial charge in [-0.15, -0.1) is 0 Å². The molecule has 0 saturated heterocycles. The van der Waals surface area contributed by atoms with Crippen LogP contribution >= 0.6 is 0 Å². The summed E-state index contributed by atoms with van der Waals surface area (Å²) in [6.45, 7) is 12.6. The van der Waals surface area contributed by atoms with Crippen LogP contribution in [0.15, 0.2) is 18.2 Å². The Morgan fingerprint density at radius 1 is 0.438 bits per heavy atom. The second kappa shape index (κ2) is 39.6. The SMILES string of the molecule is C=O.CCCCCCCCCCCCOCCOCCOc1ccc(NC)cc1OCCOCCOCCCCCCCCCCCC. The molecule has 0 spiro atoms. The predicted octanol–water partition coefficient (Wildman–Crippen LogP) is 10.2. The third kappa shape index (κ3) is 31.4. The van der Waals surface area contributed by atoms with Gasteiger partial charge in [-0.3, -0.25) is 0 Å². The maximum Gasteiger partial charge on any atom is 0.163 e. The van der Waals surface area contributed by atoms with Crippen molar-refractivity contribution >= 4 is 12.5 Å². The molecule has 0 aliphatic rings. The zero-order valence-corrected chi connectivity index (χ0v) is 31.5. The molecule has 0 unspecified atom stereocenters. The van der Waals surface area contributed by atoms with E-state index in [1.807, 2.05) is 32.0 Å². The van der Waals surface area contributed by atoms with Crippen LogP contribution in [0.1, 0.15) is 142 Å². The summed E-state index contributed by atoms with van der Waals surface area (Å²) in [4.78, 5) is 8.00. The molecule has 0 aliphatic carbocycles. The minimum absolute atomic E-state index is 0.453. The molecule has 0 heterocycles. The van der Waals surface area contributed by atoms with Crippen LogP contribution in [-0.4, -0.2) is 79.9 Å². The fourth-order valence-electron chi connectivity index (χ4n) is 5.34. The number of unbranched alkanes of at least 4 members (excludes halogenated alkanes) is 18. The molecule has 48 heavy (non-hydrogen) atoms. The standard InChI is InChI=1S/C39H73NO6.CH2O/c1-4-6-8-10-12-14-16-18-20-22-26-41-28-30-43-32-34-45-38-25-24-37(40-3)36-39(38)46-35-33-44-31-29-42-27-23-21-19-17-15-13-11-9-7-5-2;1-2/h24-25,36,40H,4-23,26-35H2,1-3H3;1H2. The second-order valence-electron chi connectivity index (χ2n) is 12.4. The summed E-state index contributed by atoms with van der Waals surface area (Å²) in [5, 5.41) is 3.16. The second-order valence-corrected chi connectivity index (χ2v) is 12.4. The molecule has 1 aromatic rings. The fourth-order valence-corrected chi connectivity index (χ4v) is 5.34. The smallest absolute Gasteiger partial charge is 0.163 e. The van der Waals surface area contributed by atoms with Crippen LogP contribution in [0.2, 0.25) is 0 Å². The van der Waals surface area contributed by atoms with Crippen molar-refractivity contribution in [2.45, 2.75) is 142 Å². The zero-order chi connectivity index (χ0) is 35.0. The fraction of sp³-hybridized carbons (Fsp3) is 0.825. The monoisotopic (exact) mass is 682 g/mol. The van der Waals surface area contributed by atoms with Crippen LogP contribution in [0.3, 0.4) is 0 Å². The molecule has 0 bridgehead atoms. The van der Waals surface area contributed by atoms with Gasteiger partial charge in [-0.25, -0.2) is 0 Å². The number of benzene rings is 1. The number of hydrogen-bond acceptors (Lipinski definition) is 8. The Hall–Kier alpha value is -1.87. The van der Waals surface area contributed by atoms with Gasteiger partial charge in [0, 0.05) is 32.0 Å². The maximum atomic E-state index is 8.00. The maximum absolute atomic E-state index is 8.00. The first kappa shape index (κ1) is 46.1. The molecule has 0 fully saturated rings. The minimum atomic E-state index is 0.453. The summed E-state index contributed by atoms with van der Waals surface area (Å²) in [5.74, 6) is 1.41. The summed E-state index contributed by atoms with van der Waals surface area (Å²) in [6.07, 6.45) is 26.8. The van der Waals surface area contributed by atoms with Crippen molar-refractivity contribution in [2.75, 3.05) is 78.4 Å². The highest BCUT2D eigenvalue weighted by atomic mass is 16.6. The largest absolute Gasteiger partial charge is 0.487 e. The molecule has 1 rings (SSSR count). The quantitative estimate of drug-likeness (QED) is 0.0695. The van der Waals surface area contributed by atoms with Crippen molar-refractivity contribution < 1.29 is 33.2 Å². The number of hydrogen-bond donors (Lipinski definition) is 1. The van der Waals surface area contributed by atoms with E-state index in [2.05, 4.69) is 19.2 Å². The van der Waals surface area contributed by atoms with Gasteiger partial charge in [0.05, 0.1) is 39.6 Å². The topological polar surface area (TPSA) is 84.5 Å². The molecule has 0 radical (unpaired) electrons. The molecule has 282 valence electrons. The van der Waals surface area contributed by atoms with E-state index in [-0.39, 0.29) is 0 Å². The van der Waals surface area contributed by atoms with Crippen molar-refractivity contribution in [1.82, 2.24) is 0 Å². The van der Waals surface area contributed by atoms with Gasteiger partial charge in [0.1, 0.15) is 20.0 Å². The molecular weight excluding hydrogens is 606 g/mol. The van der Waals surface area contributed by atoms with E-state index in [0.29, 0.717) is 64.4 Å². The molecule has 0 saturated carbocycles. The number of anilines is 1. The summed E-state index contributed by atoms with van der Waals surface area (Å²) >= 11 is 0. The number of carbonyl (C=O) groups is 1. The van der Waals surface area contributed by atoms with Crippen molar-refractivity contribution in [1.29, 1.82) is 0 Å². The predicted molar refractivity (Wildman–Crippen MR) is 201 cm³/mol. The highest BCUT2D eigenvalue weighted by Crippen LogP contribution is 2.30. The van der Waals surface area contributed by atoms with E-state index < -0.39 is 0 Å². The summed E-state index contributed by atoms with van der Waals surface area (Å²) in [6, 6.07) is 5.86. The zero-order valence-electron chi connectivity index (χ0n) is 31.5. The Balaban J connectivity index is 0.0000108. The highest BCUT2D eigenvalue weighted by Gasteiger charge is 2.07. The van der Waals surface area contributed by atoms with Crippen LogP contribution in [0, 0.1) is 0 Å². The van der Waals surface area contributed by atoms with E-state index in [4.69, 9.17) is 33.2 Å². The number of nitrogens with one attached hydrogen (secondary N) is 1. The molecule has 8 heteroatoms. The Bertz CT molecular complexity index is 767. The van der Waals surface area contributed by atoms with Gasteiger partial charge >= 0.3 is 0 Å². The molecule has 0 aromatic heterocycles. The third-order valence-electron chi connectivity index (χ3n) is 8.23. The van der Waals surface area contributed by atoms with Crippen LogP contribution in [0.4, 0.5) is 5.69 Å². The molecule has 0 amide bonds. The summed E-state index contributed by atoms with van der Waals surface area (Å²) in [5.41, 5.74) is 0.972. The Labute approximate surface area is 295 Å². The van der Waals surface area contributed by atoms with E-state index in [9.17, 15) is 0 Å². The lowest BCUT2D eigenvalue weighted by Gasteiger charge is -2.14. The van der Waals surface area contributed by atoms with Gasteiger partial charge in [-0.05, 0) is 25.0 Å². The van der Waals surface area contributed by atoms with Gasteiger partial charge in [-0.2, -0.15) is 0 Å². The number of carbonyl (C=O) groups excluding carboxylic acids is 1. The lowest BCUT2D eigenvalue weighted by molar-refractivity contribution is -0.0980. The average molecular weight is 682 g/mol. The van der Waals surface area contributed by atoms with Crippen LogP contribution in [0.25, 0.3) is 0 Å². The lowest BCUT2D eigenvalue weighted by Crippen LogP contribution is -2.13. The van der Waals surface area contributed by atoms with Crippen molar-refractivity contribution in [3.8, 4) is 11.5 Å². The van der Waals surface area contributed by atoms with Gasteiger partial charge < -0.3 is 38.5 Å². The average Bonchev–Trinajstić information content (AvgIpc) is 3.12. The van der Waals surface area contributed by atoms with Gasteiger partial charge in [0.15, 0.2) is 11.5 Å². The van der Waals surface area contributed by atoms with Crippen molar-refractivity contribution in [3.05, 3.63) is 18.2 Å². The van der Waals surface area contributed by atoms with Crippen LogP contribution < -0.4 is 14.8 Å². The lowest BCUT2D eigenvalue weighted by atomic mass is 10.1. The molecular formula is C40H75NO7. The molecule has 1 N–H and O–H groups in total. The Morgan fingerprint density at radius 3 is 1.17 bits per heavy atom. The first-order chi connectivity index (χ1) is 23.8. The van der Waals surface area contributed by atoms with Crippen molar-refractivity contribution in [3.63, 3.8) is 0 Å². The molecule has 1 aromatic carbocycles. The first-order valence-corrected chi connectivity index (χ1v) is 19.5. The van der Waals surface area contributed by atoms with Crippen LogP contribution in [-0.2, 0) is 23.7 Å². The van der Waals surface area contributed by atoms with Crippen LogP contribution in [0.5, 0.6) is 11.5 Å². The first-order valence-electron chi connectivity index (χ1n) is 19.5. The van der Waals surface area contributed by atoms with Gasteiger partial charge in [-0.1, -0.05) is 129 Å². The normalized spacial score (nSPS) is 10.9. The van der Waals surface area contributed by atoms with E-state index in [1.165, 1.54) is 116 Å². The van der Waals surface area contributed by atoms with E-state index >= 15 is 0 Å². The van der Waals surface area contributed by atoms with E-state index in [1.54, 1.807) is 0 Å². The number of rotatable bonds is 37. The summed E-state index contributed by atoms with van der Waals surface area (Å²) in [7, 11) is 1.89. The third-order valence-corrected chi connectivity index (χ3v) is 8.23. The molecule has 0 aliphatic heterocycles. The minimum Gasteiger partial charge on any atom is -0.487 e. The summed E-state index contributed by atoms with van der Waals surface area (Å²) < 4.78 is 34.8. The van der Waals surface area contributed by atoms with Gasteiger partial charge in [0.25, 0.3) is 0 Å². The molecule has 8 nitrogen and oxygen atoms in total. The highest BCUT2D eigenvalue weighted by molar-refractivity contribution is 5.54. The van der Waals surface area contributed by atoms with Crippen molar-refractivity contribution in [2.24, 2.45) is 0 Å².